The molecular weight excluding hydrogens is 432 g/mol. The van der Waals surface area contributed by atoms with Gasteiger partial charge in [-0.2, -0.15) is 5.48 Å². The largest absolute Gasteiger partial charge is 0.356 e. The molecule has 0 aromatic rings. The van der Waals surface area contributed by atoms with E-state index in [0.29, 0.717) is 24.8 Å². The van der Waals surface area contributed by atoms with Crippen LogP contribution in [-0.2, 0) is 14.4 Å². The third-order valence-electron chi connectivity index (χ3n) is 8.33. The summed E-state index contributed by atoms with van der Waals surface area (Å²) in [5.41, 5.74) is 9.16. The number of nitrogens with one attached hydrogen (secondary N) is 6. The molecule has 2 heterocycles. The van der Waals surface area contributed by atoms with E-state index in [-0.39, 0.29) is 36.3 Å². The lowest BCUT2D eigenvalue weighted by atomic mass is 9.76. The number of hydrogen-bond donors (Lipinski definition) is 6. The van der Waals surface area contributed by atoms with Gasteiger partial charge in [0.2, 0.25) is 11.8 Å². The molecule has 0 aromatic carbocycles. The molecule has 4 aliphatic rings. The first-order valence-corrected chi connectivity index (χ1v) is 13.8. The number of fused-ring (bicyclic) bond motifs is 1. The summed E-state index contributed by atoms with van der Waals surface area (Å²) in [6.07, 6.45) is 14.2. The highest BCUT2D eigenvalue weighted by Crippen LogP contribution is 2.33. The molecule has 9 nitrogen and oxygen atoms in total. The summed E-state index contributed by atoms with van der Waals surface area (Å²) in [7, 11) is 0. The van der Waals surface area contributed by atoms with Crippen molar-refractivity contribution < 1.29 is 14.4 Å². The van der Waals surface area contributed by atoms with Crippen LogP contribution in [0.2, 0.25) is 0 Å². The van der Waals surface area contributed by atoms with Crippen molar-refractivity contribution in [3.05, 3.63) is 0 Å². The first kappa shape index (κ1) is 25.8. The van der Waals surface area contributed by atoms with Gasteiger partial charge in [-0.25, -0.2) is 5.43 Å². The second-order valence-electron chi connectivity index (χ2n) is 11.0. The minimum atomic E-state index is 0.00478. The second-order valence-corrected chi connectivity index (χ2v) is 11.0. The number of rotatable bonds is 11. The Bertz CT molecular complexity index is 657. The lowest BCUT2D eigenvalue weighted by Gasteiger charge is -2.41. The quantitative estimate of drug-likeness (QED) is 0.252. The molecule has 0 spiro atoms. The van der Waals surface area contributed by atoms with Crippen LogP contribution in [-0.4, -0.2) is 43.5 Å². The predicted molar refractivity (Wildman–Crippen MR) is 131 cm³/mol. The highest BCUT2D eigenvalue weighted by atomic mass is 16.7. The Balaban J connectivity index is 0.997. The van der Waals surface area contributed by atoms with Gasteiger partial charge in [-0.05, 0) is 69.7 Å². The van der Waals surface area contributed by atoms with Crippen LogP contribution in [0, 0.1) is 23.7 Å². The van der Waals surface area contributed by atoms with Gasteiger partial charge in [0, 0.05) is 24.8 Å². The monoisotopic (exact) mass is 478 g/mol. The zero-order valence-corrected chi connectivity index (χ0v) is 20.9. The zero-order chi connectivity index (χ0) is 23.8. The number of amides is 2. The SMILES string of the molecule is CC1CCC(C2NOC(CCCC(=O)NCCCCNC3NNC(=O)C4CCCCC34)N2)CC1. The number of carbonyl (C=O) groups is 2. The van der Waals surface area contributed by atoms with Crippen LogP contribution in [0.4, 0.5) is 0 Å². The summed E-state index contributed by atoms with van der Waals surface area (Å²) in [5.74, 6) is 2.31. The molecule has 2 saturated carbocycles. The van der Waals surface area contributed by atoms with Gasteiger partial charge >= 0.3 is 0 Å². The molecule has 34 heavy (non-hydrogen) atoms. The molecule has 0 bridgehead atoms. The molecule has 0 radical (unpaired) electrons. The van der Waals surface area contributed by atoms with E-state index in [2.05, 4.69) is 39.2 Å². The fraction of sp³-hybridized carbons (Fsp3) is 0.920. The van der Waals surface area contributed by atoms with Crippen molar-refractivity contribution in [2.75, 3.05) is 13.1 Å². The Morgan fingerprint density at radius 3 is 2.68 bits per heavy atom. The topological polar surface area (TPSA) is 116 Å². The Morgan fingerprint density at radius 2 is 1.82 bits per heavy atom. The summed E-state index contributed by atoms with van der Waals surface area (Å²) < 4.78 is 0. The third kappa shape index (κ3) is 7.37. The minimum absolute atomic E-state index is 0.00478. The van der Waals surface area contributed by atoms with Crippen molar-refractivity contribution in [1.29, 1.82) is 0 Å². The number of carbonyl (C=O) groups excluding carboxylic acids is 2. The average Bonchev–Trinajstić information content (AvgIpc) is 3.32. The number of hydroxylamine groups is 1. The molecule has 4 fully saturated rings. The summed E-state index contributed by atoms with van der Waals surface area (Å²) >= 11 is 0. The Kier molecular flexibility index (Phi) is 9.99. The average molecular weight is 479 g/mol. The molecule has 2 saturated heterocycles. The third-order valence-corrected chi connectivity index (χ3v) is 8.33. The van der Waals surface area contributed by atoms with E-state index in [1.54, 1.807) is 0 Å². The van der Waals surface area contributed by atoms with E-state index in [0.717, 1.165) is 57.4 Å². The summed E-state index contributed by atoms with van der Waals surface area (Å²) in [6, 6.07) is 0. The smallest absolute Gasteiger partial charge is 0.237 e. The maximum Gasteiger partial charge on any atom is 0.237 e. The van der Waals surface area contributed by atoms with Gasteiger partial charge < -0.3 is 10.6 Å². The molecule has 6 N–H and O–H groups in total. The van der Waals surface area contributed by atoms with Crippen molar-refractivity contribution in [3.63, 3.8) is 0 Å². The molecular formula is C25H46N6O3. The van der Waals surface area contributed by atoms with Crippen molar-refractivity contribution in [1.82, 2.24) is 32.3 Å². The Morgan fingerprint density at radius 1 is 1.03 bits per heavy atom. The van der Waals surface area contributed by atoms with Gasteiger partial charge in [0.15, 0.2) is 0 Å². The number of unbranched alkanes of at least 4 members (excludes halogenated alkanes) is 1. The summed E-state index contributed by atoms with van der Waals surface area (Å²) in [5, 5.41) is 10.2. The maximum atomic E-state index is 12.2. The highest BCUT2D eigenvalue weighted by Gasteiger charge is 2.39. The molecule has 0 aromatic heterocycles. The standard InChI is InChI=1S/C25H46N6O3/c1-17-11-13-18(14-12-17)23-28-22(34-31-23)10-6-9-21(32)26-15-4-5-16-27-24-19-7-2-3-8-20(19)25(33)30-29-24/h17-20,22-24,27-29,31H,2-16H2,1H3,(H,26,32)(H,30,33). The van der Waals surface area contributed by atoms with Crippen LogP contribution < -0.4 is 32.3 Å². The van der Waals surface area contributed by atoms with E-state index >= 15 is 0 Å². The van der Waals surface area contributed by atoms with Crippen molar-refractivity contribution >= 4 is 11.8 Å². The Labute approximate surface area is 204 Å². The van der Waals surface area contributed by atoms with Crippen LogP contribution in [0.25, 0.3) is 0 Å². The molecule has 194 valence electrons. The van der Waals surface area contributed by atoms with Gasteiger partial charge in [0.25, 0.3) is 0 Å². The number of hydrogen-bond acceptors (Lipinski definition) is 7. The maximum absolute atomic E-state index is 12.2. The van der Waals surface area contributed by atoms with Crippen LogP contribution in [0.15, 0.2) is 0 Å². The minimum Gasteiger partial charge on any atom is -0.356 e. The van der Waals surface area contributed by atoms with Gasteiger partial charge in [-0.3, -0.25) is 25.2 Å². The zero-order valence-electron chi connectivity index (χ0n) is 20.9. The van der Waals surface area contributed by atoms with E-state index in [1.807, 2.05) is 0 Å². The van der Waals surface area contributed by atoms with Crippen LogP contribution in [0.1, 0.15) is 90.4 Å². The van der Waals surface area contributed by atoms with Gasteiger partial charge in [-0.15, -0.1) is 0 Å². The lowest BCUT2D eigenvalue weighted by molar-refractivity contribution is -0.134. The van der Waals surface area contributed by atoms with E-state index in [9.17, 15) is 9.59 Å². The number of hydrazine groups is 1. The molecule has 5 unspecified atom stereocenters. The fourth-order valence-electron chi connectivity index (χ4n) is 6.12. The second kappa shape index (κ2) is 13.2. The lowest BCUT2D eigenvalue weighted by Crippen LogP contribution is -2.64. The van der Waals surface area contributed by atoms with Crippen molar-refractivity contribution in [2.24, 2.45) is 23.7 Å². The van der Waals surface area contributed by atoms with E-state index in [4.69, 9.17) is 4.84 Å². The molecule has 2 aliphatic carbocycles. The molecule has 9 heteroatoms. The molecule has 2 aliphatic heterocycles. The van der Waals surface area contributed by atoms with Crippen molar-refractivity contribution in [3.8, 4) is 0 Å². The summed E-state index contributed by atoms with van der Waals surface area (Å²) in [4.78, 5) is 29.9. The fourth-order valence-corrected chi connectivity index (χ4v) is 6.12. The molecule has 5 atom stereocenters. The van der Waals surface area contributed by atoms with Crippen molar-refractivity contribution in [2.45, 2.75) is 109 Å². The van der Waals surface area contributed by atoms with Crippen LogP contribution >= 0.6 is 0 Å². The van der Waals surface area contributed by atoms with Crippen LogP contribution in [0.3, 0.4) is 0 Å². The Hall–Kier alpha value is -1.26. The van der Waals surface area contributed by atoms with E-state index < -0.39 is 0 Å². The summed E-state index contributed by atoms with van der Waals surface area (Å²) in [6.45, 7) is 3.93. The molecule has 4 rings (SSSR count). The normalized spacial score (nSPS) is 36.0. The molecule has 2 amide bonds. The van der Waals surface area contributed by atoms with Gasteiger partial charge in [-0.1, -0.05) is 32.6 Å². The first-order chi connectivity index (χ1) is 16.6. The van der Waals surface area contributed by atoms with Crippen LogP contribution in [0.5, 0.6) is 0 Å². The highest BCUT2D eigenvalue weighted by molar-refractivity contribution is 5.79. The van der Waals surface area contributed by atoms with Gasteiger partial charge in [0.05, 0.1) is 12.3 Å². The van der Waals surface area contributed by atoms with Gasteiger partial charge in [0.1, 0.15) is 6.23 Å². The van der Waals surface area contributed by atoms with E-state index in [1.165, 1.54) is 32.1 Å². The predicted octanol–water partition coefficient (Wildman–Crippen LogP) is 2.01. The first-order valence-electron chi connectivity index (χ1n) is 13.8.